The van der Waals surface area contributed by atoms with Gasteiger partial charge in [0, 0.05) is 19.4 Å². The van der Waals surface area contributed by atoms with E-state index in [1.54, 1.807) is 0 Å². The number of carbonyl (C=O) groups is 6. The van der Waals surface area contributed by atoms with Crippen molar-refractivity contribution in [3.8, 4) is 0 Å². The van der Waals surface area contributed by atoms with Gasteiger partial charge in [0.25, 0.3) is 0 Å². The fourth-order valence-corrected chi connectivity index (χ4v) is 2.91. The standard InChI is InChI=1S/C20H35N7O10/c1-9(28)15(27-16(33)10(21)4-6-13(29)30)18(35)25-11(5-7-14(31)32)17(34)26-12(19(36)37)3-2-8-24-20(22)23/h9-12,15,28H,2-8,21H2,1H3,(H,25,35)(H,26,34)(H,27,33)(H,29,30)(H,31,32)(H,36,37)(H4,22,23,24). The van der Waals surface area contributed by atoms with E-state index in [4.69, 9.17) is 27.4 Å². The number of aliphatic hydroxyl groups is 1. The second-order valence-electron chi connectivity index (χ2n) is 8.11. The van der Waals surface area contributed by atoms with Gasteiger partial charge in [-0.3, -0.25) is 29.0 Å². The summed E-state index contributed by atoms with van der Waals surface area (Å²) in [6.07, 6.45) is -3.09. The van der Waals surface area contributed by atoms with Crippen LogP contribution in [0, 0.1) is 0 Å². The molecule has 0 saturated carbocycles. The van der Waals surface area contributed by atoms with Crippen LogP contribution in [0.3, 0.4) is 0 Å². The van der Waals surface area contributed by atoms with Gasteiger partial charge in [0.05, 0.1) is 12.1 Å². The number of carboxylic acid groups (broad SMARTS) is 3. The number of nitrogens with one attached hydrogen (secondary N) is 3. The van der Waals surface area contributed by atoms with Gasteiger partial charge in [0.2, 0.25) is 17.7 Å². The molecule has 210 valence electrons. The maximum absolute atomic E-state index is 12.8. The van der Waals surface area contributed by atoms with E-state index in [0.717, 1.165) is 6.92 Å². The lowest BCUT2D eigenvalue weighted by Crippen LogP contribution is -2.59. The van der Waals surface area contributed by atoms with Gasteiger partial charge in [0.1, 0.15) is 18.1 Å². The molecule has 0 saturated heterocycles. The molecule has 0 rings (SSSR count). The zero-order chi connectivity index (χ0) is 28.7. The number of hydrogen-bond acceptors (Lipinski definition) is 9. The number of carboxylic acids is 3. The first-order chi connectivity index (χ1) is 17.1. The van der Waals surface area contributed by atoms with E-state index >= 15 is 0 Å². The van der Waals surface area contributed by atoms with Crippen molar-refractivity contribution in [2.45, 2.75) is 75.7 Å². The molecule has 0 radical (unpaired) electrons. The van der Waals surface area contributed by atoms with E-state index < -0.39 is 85.2 Å². The van der Waals surface area contributed by atoms with Crippen LogP contribution in [-0.4, -0.2) is 98.8 Å². The molecule has 5 atom stereocenters. The highest BCUT2D eigenvalue weighted by Crippen LogP contribution is 2.05. The molecule has 0 heterocycles. The molecule has 0 aliphatic heterocycles. The predicted molar refractivity (Wildman–Crippen MR) is 127 cm³/mol. The van der Waals surface area contributed by atoms with Crippen molar-refractivity contribution in [2.75, 3.05) is 6.54 Å². The minimum atomic E-state index is -1.64. The van der Waals surface area contributed by atoms with Crippen LogP contribution in [0.1, 0.15) is 45.4 Å². The molecule has 17 nitrogen and oxygen atoms in total. The average molecular weight is 534 g/mol. The summed E-state index contributed by atoms with van der Waals surface area (Å²) in [4.78, 5) is 74.6. The molecule has 0 aliphatic rings. The lowest BCUT2D eigenvalue weighted by molar-refractivity contribution is -0.143. The second-order valence-corrected chi connectivity index (χ2v) is 8.11. The first kappa shape index (κ1) is 33.0. The van der Waals surface area contributed by atoms with Crippen molar-refractivity contribution in [2.24, 2.45) is 22.2 Å². The molecular formula is C20H35N7O10. The van der Waals surface area contributed by atoms with E-state index in [2.05, 4.69) is 20.9 Å². The number of nitrogens with zero attached hydrogens (tertiary/aromatic N) is 1. The Bertz CT molecular complexity index is 860. The van der Waals surface area contributed by atoms with Crippen molar-refractivity contribution in [1.29, 1.82) is 0 Å². The van der Waals surface area contributed by atoms with Crippen LogP contribution in [0.4, 0.5) is 0 Å². The number of carbonyl (C=O) groups excluding carboxylic acids is 3. The molecular weight excluding hydrogens is 498 g/mol. The summed E-state index contributed by atoms with van der Waals surface area (Å²) in [6, 6.07) is -5.91. The molecule has 0 aromatic rings. The first-order valence-corrected chi connectivity index (χ1v) is 11.2. The van der Waals surface area contributed by atoms with Crippen molar-refractivity contribution in [3.05, 3.63) is 0 Å². The van der Waals surface area contributed by atoms with E-state index in [0.29, 0.717) is 0 Å². The molecule has 0 bridgehead atoms. The summed E-state index contributed by atoms with van der Waals surface area (Å²) in [7, 11) is 0. The predicted octanol–water partition coefficient (Wildman–Crippen LogP) is -3.98. The Hall–Kier alpha value is -3.99. The quantitative estimate of drug-likeness (QED) is 0.0457. The fourth-order valence-electron chi connectivity index (χ4n) is 2.91. The van der Waals surface area contributed by atoms with Crippen molar-refractivity contribution >= 4 is 41.6 Å². The Balaban J connectivity index is 5.46. The molecule has 0 fully saturated rings. The maximum Gasteiger partial charge on any atom is 0.326 e. The average Bonchev–Trinajstić information content (AvgIpc) is 2.79. The molecule has 5 unspecified atom stereocenters. The van der Waals surface area contributed by atoms with Gasteiger partial charge in [-0.2, -0.15) is 0 Å². The number of nitrogens with two attached hydrogens (primary N) is 3. The van der Waals surface area contributed by atoms with Gasteiger partial charge < -0.3 is 53.6 Å². The zero-order valence-electron chi connectivity index (χ0n) is 20.3. The monoisotopic (exact) mass is 533 g/mol. The number of guanidine groups is 1. The summed E-state index contributed by atoms with van der Waals surface area (Å²) in [5, 5.41) is 43.6. The molecule has 17 heteroatoms. The third-order valence-electron chi connectivity index (χ3n) is 4.91. The number of aliphatic hydroxyl groups excluding tert-OH is 1. The van der Waals surface area contributed by atoms with Crippen molar-refractivity contribution < 1.29 is 49.2 Å². The Morgan fingerprint density at radius 2 is 1.32 bits per heavy atom. The van der Waals surface area contributed by atoms with Gasteiger partial charge >= 0.3 is 17.9 Å². The SMILES string of the molecule is CC(O)C(NC(=O)C(N)CCC(=O)O)C(=O)NC(CCC(=O)O)C(=O)NC(CCCN=C(N)N)C(=O)O. The van der Waals surface area contributed by atoms with E-state index in [1.165, 1.54) is 0 Å². The van der Waals surface area contributed by atoms with Crippen LogP contribution in [0.2, 0.25) is 0 Å². The third-order valence-corrected chi connectivity index (χ3v) is 4.91. The van der Waals surface area contributed by atoms with Crippen LogP contribution in [0.15, 0.2) is 4.99 Å². The highest BCUT2D eigenvalue weighted by Gasteiger charge is 2.32. The molecule has 13 N–H and O–H groups in total. The first-order valence-electron chi connectivity index (χ1n) is 11.2. The molecule has 0 aliphatic carbocycles. The number of hydrogen-bond donors (Lipinski definition) is 10. The zero-order valence-corrected chi connectivity index (χ0v) is 20.3. The summed E-state index contributed by atoms with van der Waals surface area (Å²) in [6.45, 7) is 1.24. The Morgan fingerprint density at radius 1 is 0.784 bits per heavy atom. The minimum Gasteiger partial charge on any atom is -0.481 e. The fraction of sp³-hybridized carbons (Fsp3) is 0.650. The summed E-state index contributed by atoms with van der Waals surface area (Å²) < 4.78 is 0. The highest BCUT2D eigenvalue weighted by atomic mass is 16.4. The van der Waals surface area contributed by atoms with Crippen LogP contribution in [0.5, 0.6) is 0 Å². The summed E-state index contributed by atoms with van der Waals surface area (Å²) in [5.74, 6) is -7.14. The Kier molecular flexibility index (Phi) is 14.8. The molecule has 0 aromatic carbocycles. The van der Waals surface area contributed by atoms with Gasteiger partial charge in [-0.05, 0) is 32.6 Å². The van der Waals surface area contributed by atoms with Crippen molar-refractivity contribution in [1.82, 2.24) is 16.0 Å². The lowest BCUT2D eigenvalue weighted by atomic mass is 10.1. The third kappa shape index (κ3) is 14.2. The van der Waals surface area contributed by atoms with Crippen LogP contribution < -0.4 is 33.2 Å². The van der Waals surface area contributed by atoms with Gasteiger partial charge in [-0.1, -0.05) is 0 Å². The van der Waals surface area contributed by atoms with E-state index in [1.807, 2.05) is 0 Å². The number of aliphatic imine (C=N–C) groups is 1. The summed E-state index contributed by atoms with van der Waals surface area (Å²) >= 11 is 0. The number of rotatable bonds is 18. The normalized spacial score (nSPS) is 14.7. The minimum absolute atomic E-state index is 0.0853. The smallest absolute Gasteiger partial charge is 0.326 e. The Morgan fingerprint density at radius 3 is 1.81 bits per heavy atom. The second kappa shape index (κ2) is 16.6. The molecule has 0 spiro atoms. The molecule has 0 aromatic heterocycles. The van der Waals surface area contributed by atoms with Crippen molar-refractivity contribution in [3.63, 3.8) is 0 Å². The van der Waals surface area contributed by atoms with E-state index in [-0.39, 0.29) is 31.8 Å². The molecule has 3 amide bonds. The number of amides is 3. The van der Waals surface area contributed by atoms with Crippen LogP contribution in [0.25, 0.3) is 0 Å². The van der Waals surface area contributed by atoms with Gasteiger partial charge in [0.15, 0.2) is 5.96 Å². The summed E-state index contributed by atoms with van der Waals surface area (Å²) in [5.41, 5.74) is 16.0. The van der Waals surface area contributed by atoms with Crippen LogP contribution >= 0.6 is 0 Å². The number of aliphatic carboxylic acids is 3. The highest BCUT2D eigenvalue weighted by molar-refractivity contribution is 5.94. The topological polar surface area (TPSA) is 310 Å². The largest absolute Gasteiger partial charge is 0.481 e. The lowest BCUT2D eigenvalue weighted by Gasteiger charge is -2.26. The van der Waals surface area contributed by atoms with Gasteiger partial charge in [-0.25, -0.2) is 4.79 Å². The van der Waals surface area contributed by atoms with Gasteiger partial charge in [-0.15, -0.1) is 0 Å². The Labute approximate surface area is 211 Å². The van der Waals surface area contributed by atoms with Crippen LogP contribution in [-0.2, 0) is 28.8 Å². The van der Waals surface area contributed by atoms with E-state index in [9.17, 15) is 39.0 Å². The maximum atomic E-state index is 12.8. The molecule has 37 heavy (non-hydrogen) atoms.